The lowest BCUT2D eigenvalue weighted by Gasteiger charge is -2.06. The Bertz CT molecular complexity index is 669. The summed E-state index contributed by atoms with van der Waals surface area (Å²) in [5.41, 5.74) is 2.68. The summed E-state index contributed by atoms with van der Waals surface area (Å²) < 4.78 is 0. The van der Waals surface area contributed by atoms with Gasteiger partial charge in [0.05, 0.1) is 17.1 Å². The van der Waals surface area contributed by atoms with Crippen LogP contribution in [0.15, 0.2) is 30.5 Å². The molecule has 1 saturated heterocycles. The molecule has 1 aromatic heterocycles. The first kappa shape index (κ1) is 13.2. The monoisotopic (exact) mass is 307 g/mol. The number of rotatable bonds is 3. The lowest BCUT2D eigenvalue weighted by Crippen LogP contribution is -2.25. The van der Waals surface area contributed by atoms with Crippen molar-refractivity contribution in [2.24, 2.45) is 0 Å². The zero-order valence-electron chi connectivity index (χ0n) is 10.2. The van der Waals surface area contributed by atoms with E-state index in [1.54, 1.807) is 18.3 Å². The maximum absolute atomic E-state index is 11.6. The molecule has 1 aromatic carbocycles. The Balaban J connectivity index is 1.85. The Labute approximate surface area is 124 Å². The van der Waals surface area contributed by atoms with Crippen LogP contribution in [0.25, 0.3) is 11.3 Å². The van der Waals surface area contributed by atoms with Crippen molar-refractivity contribution in [1.82, 2.24) is 15.5 Å². The minimum Gasteiger partial charge on any atom is -0.286 e. The molecule has 7 heteroatoms. The first-order valence-electron chi connectivity index (χ1n) is 5.93. The Morgan fingerprint density at radius 3 is 2.65 bits per heavy atom. The minimum absolute atomic E-state index is 0.247. The average molecular weight is 308 g/mol. The summed E-state index contributed by atoms with van der Waals surface area (Å²) in [6, 6.07) is 7.35. The van der Waals surface area contributed by atoms with Gasteiger partial charge in [0.1, 0.15) is 0 Å². The van der Waals surface area contributed by atoms with E-state index in [1.165, 1.54) is 0 Å². The molecular weight excluding hydrogens is 298 g/mol. The lowest BCUT2D eigenvalue weighted by atomic mass is 10.0. The van der Waals surface area contributed by atoms with Crippen molar-refractivity contribution in [2.45, 2.75) is 11.7 Å². The van der Waals surface area contributed by atoms with E-state index in [0.717, 1.165) is 28.6 Å². The van der Waals surface area contributed by atoms with Crippen LogP contribution in [0.4, 0.5) is 4.79 Å². The molecule has 3 rings (SSSR count). The first-order chi connectivity index (χ1) is 9.63. The summed E-state index contributed by atoms with van der Waals surface area (Å²) in [6.45, 7) is 0. The molecule has 0 bridgehead atoms. The van der Waals surface area contributed by atoms with Gasteiger partial charge in [-0.25, -0.2) is 0 Å². The molecule has 1 aliphatic heterocycles. The SMILES string of the molecule is O=C1NC(=O)C(Cc2cn[nH]c2-c2ccc(Cl)cc2)S1. The number of H-pyrrole nitrogens is 1. The van der Waals surface area contributed by atoms with Gasteiger partial charge in [0, 0.05) is 5.02 Å². The van der Waals surface area contributed by atoms with Gasteiger partial charge in [0.15, 0.2) is 0 Å². The maximum Gasteiger partial charge on any atom is 0.286 e. The predicted octanol–water partition coefficient (Wildman–Crippen LogP) is 2.62. The topological polar surface area (TPSA) is 74.8 Å². The summed E-state index contributed by atoms with van der Waals surface area (Å²) in [4.78, 5) is 22.8. The van der Waals surface area contributed by atoms with Gasteiger partial charge in [-0.15, -0.1) is 0 Å². The molecule has 20 heavy (non-hydrogen) atoms. The van der Waals surface area contributed by atoms with Crippen LogP contribution in [0.1, 0.15) is 5.56 Å². The Kier molecular flexibility index (Phi) is 3.50. The molecule has 1 aliphatic rings. The van der Waals surface area contributed by atoms with Gasteiger partial charge in [-0.05, 0) is 29.7 Å². The Morgan fingerprint density at radius 1 is 1.25 bits per heavy atom. The molecule has 0 saturated carbocycles. The number of nitrogens with one attached hydrogen (secondary N) is 2. The second-order valence-electron chi connectivity index (χ2n) is 4.36. The summed E-state index contributed by atoms with van der Waals surface area (Å²) in [5, 5.41) is 9.20. The number of nitrogens with zero attached hydrogens (tertiary/aromatic N) is 1. The highest BCUT2D eigenvalue weighted by Gasteiger charge is 2.32. The molecule has 0 spiro atoms. The molecule has 2 aromatic rings. The van der Waals surface area contributed by atoms with E-state index in [4.69, 9.17) is 11.6 Å². The smallest absolute Gasteiger partial charge is 0.286 e. The van der Waals surface area contributed by atoms with E-state index >= 15 is 0 Å². The predicted molar refractivity (Wildman–Crippen MR) is 77.7 cm³/mol. The number of hydrogen-bond donors (Lipinski definition) is 2. The van der Waals surface area contributed by atoms with E-state index in [0.29, 0.717) is 11.4 Å². The molecule has 1 unspecified atom stereocenters. The van der Waals surface area contributed by atoms with Gasteiger partial charge in [-0.1, -0.05) is 35.5 Å². The second-order valence-corrected chi connectivity index (χ2v) is 5.98. The van der Waals surface area contributed by atoms with Crippen molar-refractivity contribution < 1.29 is 9.59 Å². The van der Waals surface area contributed by atoms with Gasteiger partial charge < -0.3 is 0 Å². The van der Waals surface area contributed by atoms with Crippen LogP contribution in [0, 0.1) is 0 Å². The molecule has 1 atom stereocenters. The average Bonchev–Trinajstić information content (AvgIpc) is 2.98. The number of imide groups is 1. The third kappa shape index (κ3) is 2.57. The van der Waals surface area contributed by atoms with Gasteiger partial charge in [0.2, 0.25) is 5.91 Å². The number of aromatic amines is 1. The number of benzene rings is 1. The summed E-state index contributed by atoms with van der Waals surface area (Å²) in [7, 11) is 0. The van der Waals surface area contributed by atoms with E-state index in [9.17, 15) is 9.59 Å². The van der Waals surface area contributed by atoms with Crippen LogP contribution in [0.2, 0.25) is 5.02 Å². The number of carbonyl (C=O) groups excluding carboxylic acids is 2. The number of thioether (sulfide) groups is 1. The Hall–Kier alpha value is -1.79. The summed E-state index contributed by atoms with van der Waals surface area (Å²) in [5.74, 6) is -0.247. The van der Waals surface area contributed by atoms with E-state index in [-0.39, 0.29) is 11.1 Å². The number of carbonyl (C=O) groups is 2. The first-order valence-corrected chi connectivity index (χ1v) is 7.19. The molecule has 2 heterocycles. The van der Waals surface area contributed by atoms with Crippen LogP contribution >= 0.6 is 23.4 Å². The second kappa shape index (κ2) is 5.30. The fraction of sp³-hybridized carbons (Fsp3) is 0.154. The van der Waals surface area contributed by atoms with Gasteiger partial charge in [-0.3, -0.25) is 20.0 Å². The zero-order valence-corrected chi connectivity index (χ0v) is 11.8. The highest BCUT2D eigenvalue weighted by molar-refractivity contribution is 8.15. The third-order valence-electron chi connectivity index (χ3n) is 3.02. The van der Waals surface area contributed by atoms with Gasteiger partial charge in [0.25, 0.3) is 5.24 Å². The van der Waals surface area contributed by atoms with Crippen molar-refractivity contribution in [3.8, 4) is 11.3 Å². The van der Waals surface area contributed by atoms with E-state index in [2.05, 4.69) is 15.5 Å². The normalized spacial score (nSPS) is 18.4. The van der Waals surface area contributed by atoms with Gasteiger partial charge in [-0.2, -0.15) is 5.10 Å². The molecule has 102 valence electrons. The van der Waals surface area contributed by atoms with Gasteiger partial charge >= 0.3 is 0 Å². The number of aromatic nitrogens is 2. The standard InChI is InChI=1S/C13H10ClN3O2S/c14-9-3-1-7(2-4-9)11-8(6-15-17-11)5-10-12(18)16-13(19)20-10/h1-4,6,10H,5H2,(H,15,17)(H,16,18,19). The molecule has 2 N–H and O–H groups in total. The zero-order chi connectivity index (χ0) is 14.1. The van der Waals surface area contributed by atoms with Crippen LogP contribution in [0.5, 0.6) is 0 Å². The molecule has 0 aliphatic carbocycles. The lowest BCUT2D eigenvalue weighted by molar-refractivity contribution is -0.118. The molecule has 2 amide bonds. The van der Waals surface area contributed by atoms with Crippen molar-refractivity contribution in [1.29, 1.82) is 0 Å². The maximum atomic E-state index is 11.6. The van der Waals surface area contributed by atoms with E-state index < -0.39 is 5.25 Å². The largest absolute Gasteiger partial charge is 0.286 e. The van der Waals surface area contributed by atoms with Crippen molar-refractivity contribution in [2.75, 3.05) is 0 Å². The number of halogens is 1. The highest BCUT2D eigenvalue weighted by atomic mass is 35.5. The Morgan fingerprint density at radius 2 is 2.00 bits per heavy atom. The van der Waals surface area contributed by atoms with Crippen molar-refractivity contribution in [3.63, 3.8) is 0 Å². The fourth-order valence-corrected chi connectivity index (χ4v) is 3.03. The van der Waals surface area contributed by atoms with Crippen LogP contribution < -0.4 is 5.32 Å². The molecule has 5 nitrogen and oxygen atoms in total. The summed E-state index contributed by atoms with van der Waals surface area (Å²) >= 11 is 6.88. The molecular formula is C13H10ClN3O2S. The highest BCUT2D eigenvalue weighted by Crippen LogP contribution is 2.28. The number of hydrogen-bond acceptors (Lipinski definition) is 4. The van der Waals surface area contributed by atoms with Crippen LogP contribution in [-0.4, -0.2) is 26.6 Å². The van der Waals surface area contributed by atoms with Crippen LogP contribution in [-0.2, 0) is 11.2 Å². The minimum atomic E-state index is -0.397. The third-order valence-corrected chi connectivity index (χ3v) is 4.26. The molecule has 0 radical (unpaired) electrons. The molecule has 1 fully saturated rings. The van der Waals surface area contributed by atoms with Crippen molar-refractivity contribution >= 4 is 34.5 Å². The fourth-order valence-electron chi connectivity index (χ4n) is 2.06. The van der Waals surface area contributed by atoms with Crippen molar-refractivity contribution in [3.05, 3.63) is 41.0 Å². The number of amides is 2. The summed E-state index contributed by atoms with van der Waals surface area (Å²) in [6.07, 6.45) is 2.14. The van der Waals surface area contributed by atoms with E-state index in [1.807, 2.05) is 12.1 Å². The van der Waals surface area contributed by atoms with Crippen LogP contribution in [0.3, 0.4) is 0 Å². The quantitative estimate of drug-likeness (QED) is 0.914.